The maximum atomic E-state index is 10.4. The minimum Gasteiger partial charge on any atom is -0.370 e. The molecule has 2 heteroatoms. The van der Waals surface area contributed by atoms with Gasteiger partial charge in [-0.2, -0.15) is 0 Å². The highest BCUT2D eigenvalue weighted by atomic mass is 16.1. The van der Waals surface area contributed by atoms with Crippen molar-refractivity contribution in [2.24, 2.45) is 5.73 Å². The maximum Gasteiger partial charge on any atom is 0.217 e. The predicted octanol–water partition coefficient (Wildman–Crippen LogP) is 2.23. The standard InChI is InChI=1S/C11H19NO/c1-2-3-4-5-6-7-8-9-10-11(12)13/h2,5-10H2,1H3,(H2,12,13). The Kier molecular flexibility index (Phi) is 8.44. The SMILES string of the molecule is CCC#CCCCCCCC(N)=O. The van der Waals surface area contributed by atoms with Gasteiger partial charge in [0.15, 0.2) is 0 Å². The van der Waals surface area contributed by atoms with Crippen molar-refractivity contribution in [3.8, 4) is 11.8 Å². The molecule has 74 valence electrons. The molecule has 2 N–H and O–H groups in total. The van der Waals surface area contributed by atoms with E-state index in [0.717, 1.165) is 38.5 Å². The number of carbonyl (C=O) groups is 1. The van der Waals surface area contributed by atoms with Crippen LogP contribution >= 0.6 is 0 Å². The first kappa shape index (κ1) is 12.0. The molecule has 0 aliphatic heterocycles. The van der Waals surface area contributed by atoms with Gasteiger partial charge in [-0.3, -0.25) is 4.79 Å². The van der Waals surface area contributed by atoms with Crippen LogP contribution in [-0.4, -0.2) is 5.91 Å². The van der Waals surface area contributed by atoms with E-state index in [-0.39, 0.29) is 5.91 Å². The Balaban J connectivity index is 3.04. The highest BCUT2D eigenvalue weighted by molar-refractivity contribution is 5.73. The molecule has 0 bridgehead atoms. The van der Waals surface area contributed by atoms with Crippen LogP contribution in [0, 0.1) is 11.8 Å². The van der Waals surface area contributed by atoms with Crippen molar-refractivity contribution in [2.75, 3.05) is 0 Å². The summed E-state index contributed by atoms with van der Waals surface area (Å²) in [6.07, 6.45) is 6.79. The number of primary amides is 1. The molecule has 0 fully saturated rings. The van der Waals surface area contributed by atoms with Crippen LogP contribution in [0.3, 0.4) is 0 Å². The maximum absolute atomic E-state index is 10.4. The molecular formula is C11H19NO. The smallest absolute Gasteiger partial charge is 0.217 e. The minimum absolute atomic E-state index is 0.189. The van der Waals surface area contributed by atoms with Crippen LogP contribution < -0.4 is 5.73 Å². The average Bonchev–Trinajstić information content (AvgIpc) is 2.09. The minimum atomic E-state index is -0.189. The van der Waals surface area contributed by atoms with Crippen molar-refractivity contribution in [3.63, 3.8) is 0 Å². The Morgan fingerprint density at radius 2 is 1.85 bits per heavy atom. The second kappa shape index (κ2) is 9.12. The van der Waals surface area contributed by atoms with Gasteiger partial charge in [-0.05, 0) is 12.8 Å². The van der Waals surface area contributed by atoms with Crippen LogP contribution in [0.4, 0.5) is 0 Å². The summed E-state index contributed by atoms with van der Waals surface area (Å²) in [5.41, 5.74) is 5.01. The molecule has 0 unspecified atom stereocenters. The summed E-state index contributed by atoms with van der Waals surface area (Å²) in [7, 11) is 0. The molecule has 0 saturated carbocycles. The predicted molar refractivity (Wildman–Crippen MR) is 55.0 cm³/mol. The molecule has 0 radical (unpaired) electrons. The zero-order valence-corrected chi connectivity index (χ0v) is 8.44. The molecule has 0 heterocycles. The Bertz CT molecular complexity index is 188. The van der Waals surface area contributed by atoms with Crippen LogP contribution in [0.2, 0.25) is 0 Å². The lowest BCUT2D eigenvalue weighted by Gasteiger charge is -1.95. The van der Waals surface area contributed by atoms with Crippen molar-refractivity contribution in [2.45, 2.75) is 51.9 Å². The topological polar surface area (TPSA) is 43.1 Å². The summed E-state index contributed by atoms with van der Waals surface area (Å²) in [5, 5.41) is 0. The number of hydrogen-bond donors (Lipinski definition) is 1. The first-order valence-corrected chi connectivity index (χ1v) is 5.01. The van der Waals surface area contributed by atoms with E-state index in [1.54, 1.807) is 0 Å². The number of amides is 1. The molecule has 0 aromatic carbocycles. The van der Waals surface area contributed by atoms with Gasteiger partial charge >= 0.3 is 0 Å². The first-order valence-electron chi connectivity index (χ1n) is 5.01. The molecule has 13 heavy (non-hydrogen) atoms. The fourth-order valence-electron chi connectivity index (χ4n) is 1.08. The lowest BCUT2D eigenvalue weighted by Crippen LogP contribution is -2.09. The molecular weight excluding hydrogens is 162 g/mol. The lowest BCUT2D eigenvalue weighted by molar-refractivity contribution is -0.118. The highest BCUT2D eigenvalue weighted by Crippen LogP contribution is 2.04. The van der Waals surface area contributed by atoms with Crippen molar-refractivity contribution >= 4 is 5.91 Å². The van der Waals surface area contributed by atoms with Gasteiger partial charge in [-0.1, -0.05) is 19.8 Å². The van der Waals surface area contributed by atoms with Gasteiger partial charge in [-0.15, -0.1) is 11.8 Å². The van der Waals surface area contributed by atoms with Crippen LogP contribution in [0.15, 0.2) is 0 Å². The molecule has 0 aromatic rings. The van der Waals surface area contributed by atoms with E-state index >= 15 is 0 Å². The van der Waals surface area contributed by atoms with E-state index in [1.165, 1.54) is 0 Å². The molecule has 0 aromatic heterocycles. The fourth-order valence-corrected chi connectivity index (χ4v) is 1.08. The van der Waals surface area contributed by atoms with Gasteiger partial charge in [-0.25, -0.2) is 0 Å². The van der Waals surface area contributed by atoms with Crippen molar-refractivity contribution in [3.05, 3.63) is 0 Å². The van der Waals surface area contributed by atoms with Crippen LogP contribution in [-0.2, 0) is 4.79 Å². The van der Waals surface area contributed by atoms with Crippen LogP contribution in [0.5, 0.6) is 0 Å². The van der Waals surface area contributed by atoms with Crippen LogP contribution in [0.25, 0.3) is 0 Å². The normalized spacial score (nSPS) is 9.00. The second-order valence-corrected chi connectivity index (χ2v) is 3.09. The molecule has 0 spiro atoms. The number of hydrogen-bond acceptors (Lipinski definition) is 1. The average molecular weight is 181 g/mol. The largest absolute Gasteiger partial charge is 0.370 e. The van der Waals surface area contributed by atoms with Gasteiger partial charge in [0.1, 0.15) is 0 Å². The quantitative estimate of drug-likeness (QED) is 0.495. The third-order valence-corrected chi connectivity index (χ3v) is 1.78. The summed E-state index contributed by atoms with van der Waals surface area (Å²) in [6.45, 7) is 2.06. The third-order valence-electron chi connectivity index (χ3n) is 1.78. The van der Waals surface area contributed by atoms with E-state index in [4.69, 9.17) is 5.73 Å². The summed E-state index contributed by atoms with van der Waals surface area (Å²) in [4.78, 5) is 10.4. The van der Waals surface area contributed by atoms with Gasteiger partial charge in [0.2, 0.25) is 5.91 Å². The van der Waals surface area contributed by atoms with Crippen LogP contribution in [0.1, 0.15) is 51.9 Å². The molecule has 0 atom stereocenters. The Morgan fingerprint density at radius 1 is 1.15 bits per heavy atom. The molecule has 1 amide bonds. The van der Waals surface area contributed by atoms with Crippen molar-refractivity contribution < 1.29 is 4.79 Å². The van der Waals surface area contributed by atoms with Crippen molar-refractivity contribution in [1.29, 1.82) is 0 Å². The summed E-state index contributed by atoms with van der Waals surface area (Å²) in [5.74, 6) is 5.94. The Morgan fingerprint density at radius 3 is 2.46 bits per heavy atom. The van der Waals surface area contributed by atoms with E-state index in [9.17, 15) is 4.79 Å². The third kappa shape index (κ3) is 11.0. The van der Waals surface area contributed by atoms with Gasteiger partial charge in [0.25, 0.3) is 0 Å². The van der Waals surface area contributed by atoms with Gasteiger partial charge in [0, 0.05) is 19.3 Å². The van der Waals surface area contributed by atoms with Crippen molar-refractivity contribution in [1.82, 2.24) is 0 Å². The molecule has 0 aliphatic carbocycles. The fraction of sp³-hybridized carbons (Fsp3) is 0.727. The lowest BCUT2D eigenvalue weighted by atomic mass is 10.1. The molecule has 2 nitrogen and oxygen atoms in total. The first-order chi connectivity index (χ1) is 6.27. The Labute approximate surface area is 80.9 Å². The monoisotopic (exact) mass is 181 g/mol. The van der Waals surface area contributed by atoms with Gasteiger partial charge in [0.05, 0.1) is 0 Å². The van der Waals surface area contributed by atoms with E-state index in [1.807, 2.05) is 0 Å². The summed E-state index contributed by atoms with van der Waals surface area (Å²) >= 11 is 0. The zero-order chi connectivity index (χ0) is 9.94. The number of rotatable bonds is 6. The number of carbonyl (C=O) groups excluding carboxylic acids is 1. The molecule has 0 rings (SSSR count). The molecule has 0 aliphatic rings. The zero-order valence-electron chi connectivity index (χ0n) is 8.44. The summed E-state index contributed by atoms with van der Waals surface area (Å²) in [6, 6.07) is 0. The number of unbranched alkanes of at least 4 members (excludes halogenated alkanes) is 4. The highest BCUT2D eigenvalue weighted by Gasteiger charge is 1.93. The molecule has 0 saturated heterocycles. The van der Waals surface area contributed by atoms with E-state index in [0.29, 0.717) is 6.42 Å². The Hall–Kier alpha value is -0.970. The summed E-state index contributed by atoms with van der Waals surface area (Å²) < 4.78 is 0. The second-order valence-electron chi connectivity index (χ2n) is 3.09. The van der Waals surface area contributed by atoms with E-state index < -0.39 is 0 Å². The van der Waals surface area contributed by atoms with Gasteiger partial charge < -0.3 is 5.73 Å². The number of nitrogens with two attached hydrogens (primary N) is 1. The van der Waals surface area contributed by atoms with E-state index in [2.05, 4.69) is 18.8 Å².